The van der Waals surface area contributed by atoms with E-state index in [0.717, 1.165) is 23.7 Å². The van der Waals surface area contributed by atoms with Crippen molar-refractivity contribution in [1.29, 1.82) is 5.26 Å². The van der Waals surface area contributed by atoms with Crippen LogP contribution in [0.15, 0.2) is 42.6 Å². The highest BCUT2D eigenvalue weighted by Crippen LogP contribution is 2.22. The Morgan fingerprint density at radius 2 is 2.00 bits per heavy atom. The first-order valence-corrected chi connectivity index (χ1v) is 8.33. The number of carbonyl (C=O) groups is 1. The molecule has 0 atom stereocenters. The molecule has 2 aromatic heterocycles. The van der Waals surface area contributed by atoms with Crippen LogP contribution < -0.4 is 5.32 Å². The summed E-state index contributed by atoms with van der Waals surface area (Å²) in [6, 6.07) is 13.6. The Labute approximate surface area is 146 Å². The second-order valence-electron chi connectivity index (χ2n) is 5.80. The fourth-order valence-corrected chi connectivity index (χ4v) is 2.78. The van der Waals surface area contributed by atoms with Crippen LogP contribution in [0, 0.1) is 17.2 Å². The molecule has 0 aliphatic heterocycles. The zero-order valence-electron chi connectivity index (χ0n) is 14.2. The van der Waals surface area contributed by atoms with E-state index in [2.05, 4.69) is 21.5 Å². The van der Waals surface area contributed by atoms with Gasteiger partial charge in [-0.15, -0.1) is 0 Å². The molecule has 25 heavy (non-hydrogen) atoms. The van der Waals surface area contributed by atoms with E-state index >= 15 is 0 Å². The van der Waals surface area contributed by atoms with Crippen molar-refractivity contribution in [3.05, 3.63) is 48.2 Å². The largest absolute Gasteiger partial charge is 0.309 e. The number of fused-ring (bicyclic) bond motifs is 1. The molecule has 3 aromatic rings. The molecule has 0 saturated carbocycles. The normalized spacial score (nSPS) is 10.8. The molecule has 0 aliphatic carbocycles. The number of nitrogens with zero attached hydrogens (tertiary/aromatic N) is 4. The Morgan fingerprint density at radius 1 is 1.24 bits per heavy atom. The highest BCUT2D eigenvalue weighted by molar-refractivity contribution is 5.93. The Balaban J connectivity index is 2.03. The first-order valence-electron chi connectivity index (χ1n) is 8.33. The van der Waals surface area contributed by atoms with Gasteiger partial charge in [-0.25, -0.2) is 4.98 Å². The number of carbonyl (C=O) groups excluding carboxylic acids is 1. The van der Waals surface area contributed by atoms with E-state index < -0.39 is 0 Å². The van der Waals surface area contributed by atoms with Gasteiger partial charge in [0.1, 0.15) is 11.6 Å². The number of anilines is 1. The minimum absolute atomic E-state index is 0.0977. The first-order chi connectivity index (χ1) is 12.2. The van der Waals surface area contributed by atoms with Crippen molar-refractivity contribution in [2.75, 3.05) is 5.32 Å². The highest BCUT2D eigenvalue weighted by atomic mass is 16.2. The van der Waals surface area contributed by atoms with Gasteiger partial charge in [0.05, 0.1) is 11.7 Å². The van der Waals surface area contributed by atoms with Crippen LogP contribution >= 0.6 is 0 Å². The van der Waals surface area contributed by atoms with E-state index in [1.807, 2.05) is 50.2 Å². The topological polar surface area (TPSA) is 83.6 Å². The molecule has 0 aliphatic rings. The number of pyridine rings is 1. The van der Waals surface area contributed by atoms with E-state index in [1.54, 1.807) is 0 Å². The molecule has 0 saturated heterocycles. The molecule has 0 radical (unpaired) electrons. The number of rotatable bonds is 5. The average molecular weight is 333 g/mol. The number of nitrogens with one attached hydrogen (secondary N) is 1. The predicted molar refractivity (Wildman–Crippen MR) is 96.3 cm³/mol. The number of hydrogen-bond donors (Lipinski definition) is 1. The van der Waals surface area contributed by atoms with Crippen molar-refractivity contribution in [3.63, 3.8) is 0 Å². The molecule has 1 amide bonds. The van der Waals surface area contributed by atoms with Crippen LogP contribution in [-0.2, 0) is 4.79 Å². The Hall–Kier alpha value is -3.20. The summed E-state index contributed by atoms with van der Waals surface area (Å²) in [6.45, 7) is 3.95. The number of para-hydroxylation sites is 1. The van der Waals surface area contributed by atoms with Crippen LogP contribution in [-0.4, -0.2) is 20.7 Å². The SMILES string of the molecule is CCC(CC)C(=O)Nc1c(C#N)cnn1-c1ccc2ccccc2n1. The van der Waals surface area contributed by atoms with Crippen molar-refractivity contribution < 1.29 is 4.79 Å². The maximum atomic E-state index is 12.5. The van der Waals surface area contributed by atoms with Crippen molar-refractivity contribution >= 4 is 22.6 Å². The van der Waals surface area contributed by atoms with Crippen LogP contribution in [0.3, 0.4) is 0 Å². The molecule has 0 spiro atoms. The zero-order chi connectivity index (χ0) is 17.8. The molecular formula is C19H19N5O. The highest BCUT2D eigenvalue weighted by Gasteiger charge is 2.20. The summed E-state index contributed by atoms with van der Waals surface area (Å²) in [5.41, 5.74) is 1.14. The lowest BCUT2D eigenvalue weighted by atomic mass is 10.0. The van der Waals surface area contributed by atoms with E-state index in [9.17, 15) is 10.1 Å². The summed E-state index contributed by atoms with van der Waals surface area (Å²) >= 11 is 0. The van der Waals surface area contributed by atoms with Crippen LogP contribution in [0.5, 0.6) is 0 Å². The third kappa shape index (κ3) is 3.22. The summed E-state index contributed by atoms with van der Waals surface area (Å²) in [5.74, 6) is 0.714. The fraction of sp³-hybridized carbons (Fsp3) is 0.263. The van der Waals surface area contributed by atoms with Crippen LogP contribution in [0.25, 0.3) is 16.7 Å². The lowest BCUT2D eigenvalue weighted by Crippen LogP contribution is -2.23. The predicted octanol–water partition coefficient (Wildman–Crippen LogP) is 3.67. The summed E-state index contributed by atoms with van der Waals surface area (Å²) in [4.78, 5) is 17.0. The molecule has 0 fully saturated rings. The van der Waals surface area contributed by atoms with Gasteiger partial charge in [0, 0.05) is 11.3 Å². The third-order valence-electron chi connectivity index (χ3n) is 4.29. The van der Waals surface area contributed by atoms with E-state index in [1.165, 1.54) is 10.9 Å². The van der Waals surface area contributed by atoms with Gasteiger partial charge in [-0.2, -0.15) is 15.0 Å². The van der Waals surface area contributed by atoms with Gasteiger partial charge in [0.2, 0.25) is 5.91 Å². The molecular weight excluding hydrogens is 314 g/mol. The molecule has 2 heterocycles. The van der Waals surface area contributed by atoms with Crippen molar-refractivity contribution in [2.45, 2.75) is 26.7 Å². The maximum absolute atomic E-state index is 12.5. The van der Waals surface area contributed by atoms with Gasteiger partial charge in [-0.3, -0.25) is 4.79 Å². The van der Waals surface area contributed by atoms with Crippen LogP contribution in [0.1, 0.15) is 32.3 Å². The van der Waals surface area contributed by atoms with Crippen LogP contribution in [0.4, 0.5) is 5.82 Å². The van der Waals surface area contributed by atoms with Gasteiger partial charge in [-0.1, -0.05) is 32.0 Å². The summed E-state index contributed by atoms with van der Waals surface area (Å²) in [7, 11) is 0. The number of aromatic nitrogens is 3. The molecule has 1 N–H and O–H groups in total. The second-order valence-corrected chi connectivity index (χ2v) is 5.80. The van der Waals surface area contributed by atoms with Gasteiger partial charge < -0.3 is 5.32 Å². The molecule has 0 unspecified atom stereocenters. The van der Waals surface area contributed by atoms with Crippen LogP contribution in [0.2, 0.25) is 0 Å². The number of amides is 1. The summed E-state index contributed by atoms with van der Waals surface area (Å²) < 4.78 is 1.51. The lowest BCUT2D eigenvalue weighted by Gasteiger charge is -2.14. The van der Waals surface area contributed by atoms with Crippen molar-refractivity contribution in [1.82, 2.24) is 14.8 Å². The number of nitriles is 1. The minimum Gasteiger partial charge on any atom is -0.309 e. The quantitative estimate of drug-likeness (QED) is 0.772. The van der Waals surface area contributed by atoms with Gasteiger partial charge >= 0.3 is 0 Å². The van der Waals surface area contributed by atoms with Crippen molar-refractivity contribution in [2.24, 2.45) is 5.92 Å². The molecule has 6 heteroatoms. The second kappa shape index (κ2) is 7.14. The van der Waals surface area contributed by atoms with Gasteiger partial charge in [0.15, 0.2) is 11.6 Å². The molecule has 1 aromatic carbocycles. The molecule has 3 rings (SSSR count). The van der Waals surface area contributed by atoms with E-state index in [0.29, 0.717) is 17.2 Å². The van der Waals surface area contributed by atoms with Gasteiger partial charge in [0.25, 0.3) is 0 Å². The Morgan fingerprint density at radius 3 is 2.72 bits per heavy atom. The molecule has 126 valence electrons. The van der Waals surface area contributed by atoms with Gasteiger partial charge in [-0.05, 0) is 31.0 Å². The average Bonchev–Trinajstić information content (AvgIpc) is 3.05. The summed E-state index contributed by atoms with van der Waals surface area (Å²) in [6.07, 6.45) is 2.93. The molecule has 0 bridgehead atoms. The van der Waals surface area contributed by atoms with Crippen molar-refractivity contribution in [3.8, 4) is 11.9 Å². The lowest BCUT2D eigenvalue weighted by molar-refractivity contribution is -0.120. The monoisotopic (exact) mass is 333 g/mol. The zero-order valence-corrected chi connectivity index (χ0v) is 14.2. The third-order valence-corrected chi connectivity index (χ3v) is 4.29. The maximum Gasteiger partial charge on any atom is 0.228 e. The first kappa shape index (κ1) is 16.7. The minimum atomic E-state index is -0.107. The Kier molecular flexibility index (Phi) is 4.75. The standard InChI is InChI=1S/C19H19N5O/c1-3-13(4-2)19(25)23-18-15(11-20)12-21-24(18)17-10-9-14-7-5-6-8-16(14)22-17/h5-10,12-13H,3-4H2,1-2H3,(H,23,25). The number of benzene rings is 1. The summed E-state index contributed by atoms with van der Waals surface area (Å²) in [5, 5.41) is 17.5. The fourth-order valence-electron chi connectivity index (χ4n) is 2.78. The van der Waals surface area contributed by atoms with E-state index in [4.69, 9.17) is 0 Å². The number of hydrogen-bond acceptors (Lipinski definition) is 4. The Bertz CT molecular complexity index is 950. The molecule has 6 nitrogen and oxygen atoms in total. The van der Waals surface area contributed by atoms with E-state index in [-0.39, 0.29) is 11.8 Å². The smallest absolute Gasteiger partial charge is 0.228 e.